The Morgan fingerprint density at radius 3 is 2.47 bits per heavy atom. The molecule has 0 atom stereocenters. The van der Waals surface area contributed by atoms with E-state index < -0.39 is 0 Å². The van der Waals surface area contributed by atoms with Gasteiger partial charge in [-0.25, -0.2) is 5.48 Å². The van der Waals surface area contributed by atoms with Crippen LogP contribution in [0.5, 0.6) is 0 Å². The van der Waals surface area contributed by atoms with Gasteiger partial charge in [0.2, 0.25) is 5.91 Å². The number of hydrogen-bond acceptors (Lipinski definition) is 3. The second kappa shape index (κ2) is 11.5. The predicted octanol–water partition coefficient (Wildman–Crippen LogP) is 1.83. The van der Waals surface area contributed by atoms with Gasteiger partial charge in [0.25, 0.3) is 0 Å². The summed E-state index contributed by atoms with van der Waals surface area (Å²) >= 11 is 0. The van der Waals surface area contributed by atoms with Crippen LogP contribution in [0.4, 0.5) is 0 Å². The molecule has 0 rings (SSSR count). The number of carbonyl (C=O) groups excluding carboxylic acids is 1. The minimum absolute atomic E-state index is 0.170. The molecule has 0 saturated carbocycles. The van der Waals surface area contributed by atoms with E-state index in [1.807, 2.05) is 0 Å². The highest BCUT2D eigenvalue weighted by atomic mass is 16.5. The van der Waals surface area contributed by atoms with Crippen LogP contribution in [0.25, 0.3) is 0 Å². The number of hydroxylamine groups is 1. The van der Waals surface area contributed by atoms with Crippen molar-refractivity contribution in [2.75, 3.05) is 13.1 Å². The number of hydrogen-bond donors (Lipinski definition) is 3. The van der Waals surface area contributed by atoms with Gasteiger partial charge < -0.3 is 10.5 Å². The summed E-state index contributed by atoms with van der Waals surface area (Å²) in [5.41, 5.74) is 2.11. The Labute approximate surface area is 92.4 Å². The second-order valence-corrected chi connectivity index (χ2v) is 3.78. The summed E-state index contributed by atoms with van der Waals surface area (Å²) in [4.78, 5) is 11.2. The molecule has 0 aromatic carbocycles. The SMILES string of the molecule is CCCCCC(=O)NCCCCCNO. The molecular weight excluding hydrogens is 192 g/mol. The molecule has 3 N–H and O–H groups in total. The lowest BCUT2D eigenvalue weighted by Gasteiger charge is -2.04. The molecule has 4 nitrogen and oxygen atoms in total. The zero-order valence-electron chi connectivity index (χ0n) is 9.72. The maximum absolute atomic E-state index is 11.2. The summed E-state index contributed by atoms with van der Waals surface area (Å²) in [6.45, 7) is 3.52. The van der Waals surface area contributed by atoms with Crippen LogP contribution in [0.3, 0.4) is 0 Å². The number of amides is 1. The van der Waals surface area contributed by atoms with Gasteiger partial charge in [-0.05, 0) is 19.3 Å². The molecule has 0 aliphatic rings. The van der Waals surface area contributed by atoms with E-state index in [4.69, 9.17) is 5.21 Å². The Morgan fingerprint density at radius 2 is 1.80 bits per heavy atom. The van der Waals surface area contributed by atoms with E-state index in [9.17, 15) is 4.79 Å². The van der Waals surface area contributed by atoms with Crippen molar-refractivity contribution in [3.8, 4) is 0 Å². The van der Waals surface area contributed by atoms with Crippen molar-refractivity contribution in [3.05, 3.63) is 0 Å². The first kappa shape index (κ1) is 14.4. The van der Waals surface area contributed by atoms with Gasteiger partial charge in [0.1, 0.15) is 0 Å². The van der Waals surface area contributed by atoms with Gasteiger partial charge in [-0.1, -0.05) is 26.2 Å². The molecule has 0 unspecified atom stereocenters. The van der Waals surface area contributed by atoms with E-state index in [-0.39, 0.29) is 5.91 Å². The minimum Gasteiger partial charge on any atom is -0.356 e. The quantitative estimate of drug-likeness (QED) is 0.386. The summed E-state index contributed by atoms with van der Waals surface area (Å²) in [5, 5.41) is 11.2. The normalized spacial score (nSPS) is 10.3. The monoisotopic (exact) mass is 216 g/mol. The highest BCUT2D eigenvalue weighted by Crippen LogP contribution is 1.98. The summed E-state index contributed by atoms with van der Waals surface area (Å²) in [7, 11) is 0. The van der Waals surface area contributed by atoms with E-state index in [1.54, 1.807) is 0 Å². The predicted molar refractivity (Wildman–Crippen MR) is 60.8 cm³/mol. The first-order valence-corrected chi connectivity index (χ1v) is 5.95. The molecule has 0 fully saturated rings. The topological polar surface area (TPSA) is 61.4 Å². The molecule has 0 aromatic heterocycles. The Kier molecular flexibility index (Phi) is 11.0. The third-order valence-electron chi connectivity index (χ3n) is 2.29. The van der Waals surface area contributed by atoms with E-state index in [0.29, 0.717) is 13.0 Å². The molecule has 0 bridgehead atoms. The van der Waals surface area contributed by atoms with Crippen molar-refractivity contribution in [2.24, 2.45) is 0 Å². The Balaban J connectivity index is 3.10. The van der Waals surface area contributed by atoms with Gasteiger partial charge in [0, 0.05) is 19.5 Å². The lowest BCUT2D eigenvalue weighted by Crippen LogP contribution is -2.24. The Bertz CT molecular complexity index is 152. The minimum atomic E-state index is 0.170. The average molecular weight is 216 g/mol. The first-order valence-electron chi connectivity index (χ1n) is 5.95. The molecule has 0 saturated heterocycles. The van der Waals surface area contributed by atoms with Crippen LogP contribution >= 0.6 is 0 Å². The zero-order chi connectivity index (χ0) is 11.4. The third kappa shape index (κ3) is 11.3. The standard InChI is InChI=1S/C11H24N2O2/c1-2-3-5-8-11(14)12-9-6-4-7-10-13-15/h13,15H,2-10H2,1H3,(H,12,14). The lowest BCUT2D eigenvalue weighted by atomic mass is 10.2. The van der Waals surface area contributed by atoms with Crippen LogP contribution in [0.2, 0.25) is 0 Å². The lowest BCUT2D eigenvalue weighted by molar-refractivity contribution is -0.121. The maximum Gasteiger partial charge on any atom is 0.219 e. The van der Waals surface area contributed by atoms with Gasteiger partial charge in [0.05, 0.1) is 0 Å². The van der Waals surface area contributed by atoms with Gasteiger partial charge in [-0.2, -0.15) is 0 Å². The molecule has 90 valence electrons. The number of carbonyl (C=O) groups is 1. The highest BCUT2D eigenvalue weighted by molar-refractivity contribution is 5.75. The van der Waals surface area contributed by atoms with E-state index in [0.717, 1.165) is 45.1 Å². The summed E-state index contributed by atoms with van der Waals surface area (Å²) in [5.74, 6) is 0.170. The van der Waals surface area contributed by atoms with Crippen molar-refractivity contribution in [1.29, 1.82) is 0 Å². The largest absolute Gasteiger partial charge is 0.356 e. The fourth-order valence-electron chi connectivity index (χ4n) is 1.36. The molecular formula is C11H24N2O2. The van der Waals surface area contributed by atoms with E-state index in [2.05, 4.69) is 17.7 Å². The number of unbranched alkanes of at least 4 members (excludes halogenated alkanes) is 4. The van der Waals surface area contributed by atoms with Gasteiger partial charge in [-0.15, -0.1) is 0 Å². The smallest absolute Gasteiger partial charge is 0.219 e. The molecule has 0 heterocycles. The Hall–Kier alpha value is -0.610. The summed E-state index contributed by atoms with van der Waals surface area (Å²) < 4.78 is 0. The molecule has 4 heteroatoms. The number of nitrogens with one attached hydrogen (secondary N) is 2. The first-order chi connectivity index (χ1) is 7.31. The summed E-state index contributed by atoms with van der Waals surface area (Å²) in [6, 6.07) is 0. The zero-order valence-corrected chi connectivity index (χ0v) is 9.72. The summed E-state index contributed by atoms with van der Waals surface area (Å²) in [6.07, 6.45) is 6.91. The van der Waals surface area contributed by atoms with Crippen molar-refractivity contribution >= 4 is 5.91 Å². The molecule has 0 spiro atoms. The van der Waals surface area contributed by atoms with Gasteiger partial charge in [0.15, 0.2) is 0 Å². The highest BCUT2D eigenvalue weighted by Gasteiger charge is 1.99. The van der Waals surface area contributed by atoms with Crippen molar-refractivity contribution in [2.45, 2.75) is 51.9 Å². The second-order valence-electron chi connectivity index (χ2n) is 3.78. The number of rotatable bonds is 10. The van der Waals surface area contributed by atoms with Gasteiger partial charge >= 0.3 is 0 Å². The van der Waals surface area contributed by atoms with Crippen LogP contribution < -0.4 is 10.8 Å². The maximum atomic E-state index is 11.2. The van der Waals surface area contributed by atoms with Crippen LogP contribution in [0, 0.1) is 0 Å². The van der Waals surface area contributed by atoms with Gasteiger partial charge in [-0.3, -0.25) is 4.79 Å². The molecule has 0 aromatic rings. The van der Waals surface area contributed by atoms with Crippen LogP contribution in [-0.4, -0.2) is 24.2 Å². The van der Waals surface area contributed by atoms with Crippen LogP contribution in [0.15, 0.2) is 0 Å². The third-order valence-corrected chi connectivity index (χ3v) is 2.29. The van der Waals surface area contributed by atoms with E-state index in [1.165, 1.54) is 0 Å². The fraction of sp³-hybridized carbons (Fsp3) is 0.909. The Morgan fingerprint density at radius 1 is 1.07 bits per heavy atom. The molecule has 15 heavy (non-hydrogen) atoms. The van der Waals surface area contributed by atoms with Crippen molar-refractivity contribution < 1.29 is 10.0 Å². The van der Waals surface area contributed by atoms with Crippen molar-refractivity contribution in [1.82, 2.24) is 10.8 Å². The molecule has 0 radical (unpaired) electrons. The molecule has 1 amide bonds. The van der Waals surface area contributed by atoms with Crippen LogP contribution in [0.1, 0.15) is 51.9 Å². The molecule has 0 aliphatic heterocycles. The molecule has 0 aliphatic carbocycles. The van der Waals surface area contributed by atoms with E-state index >= 15 is 0 Å². The fourth-order valence-corrected chi connectivity index (χ4v) is 1.36. The van der Waals surface area contributed by atoms with Crippen LogP contribution in [-0.2, 0) is 4.79 Å². The van der Waals surface area contributed by atoms with Crippen molar-refractivity contribution in [3.63, 3.8) is 0 Å². The average Bonchev–Trinajstić information content (AvgIpc) is 2.23.